The molecule has 0 aliphatic carbocycles. The Morgan fingerprint density at radius 1 is 1.16 bits per heavy atom. The molecule has 130 valence electrons. The van der Waals surface area contributed by atoms with Crippen molar-refractivity contribution in [3.05, 3.63) is 79.2 Å². The highest BCUT2D eigenvalue weighted by molar-refractivity contribution is 7.09. The Kier molecular flexibility index (Phi) is 5.46. The lowest BCUT2D eigenvalue weighted by atomic mass is 10.0. The molecule has 1 aromatic heterocycles. The summed E-state index contributed by atoms with van der Waals surface area (Å²) in [5.74, 6) is 0.995. The van der Waals surface area contributed by atoms with Crippen LogP contribution in [-0.2, 0) is 6.42 Å². The van der Waals surface area contributed by atoms with Crippen LogP contribution in [0, 0.1) is 0 Å². The van der Waals surface area contributed by atoms with E-state index in [1.807, 2.05) is 48.5 Å². The average Bonchev–Trinajstić information content (AvgIpc) is 2.92. The molecule has 2 aromatic carbocycles. The van der Waals surface area contributed by atoms with Gasteiger partial charge in [-0.15, -0.1) is 0 Å². The van der Waals surface area contributed by atoms with Crippen LogP contribution in [0.15, 0.2) is 53.3 Å². The average molecular weight is 376 g/mol. The van der Waals surface area contributed by atoms with Crippen molar-refractivity contribution in [2.45, 2.75) is 19.3 Å². The van der Waals surface area contributed by atoms with Gasteiger partial charge in [0.25, 0.3) is 0 Å². The summed E-state index contributed by atoms with van der Waals surface area (Å²) in [5.41, 5.74) is 2.18. The molecule has 0 aliphatic rings. The van der Waals surface area contributed by atoms with Crippen LogP contribution in [0.2, 0.25) is 5.02 Å². The molecule has 0 bridgehead atoms. The third-order valence-corrected chi connectivity index (χ3v) is 5.05. The van der Waals surface area contributed by atoms with Crippen LogP contribution in [0.4, 0.5) is 0 Å². The molecular weight excluding hydrogens is 358 g/mol. The zero-order valence-electron chi connectivity index (χ0n) is 13.7. The summed E-state index contributed by atoms with van der Waals surface area (Å²) in [5, 5.41) is 10.4. The highest BCUT2D eigenvalue weighted by atomic mass is 35.5. The number of aromatic hydroxyl groups is 1. The van der Waals surface area contributed by atoms with E-state index in [4.69, 9.17) is 16.3 Å². The van der Waals surface area contributed by atoms with E-state index >= 15 is 0 Å². The highest BCUT2D eigenvalue weighted by Crippen LogP contribution is 2.23. The van der Waals surface area contributed by atoms with Gasteiger partial charge in [0.2, 0.25) is 5.88 Å². The van der Waals surface area contributed by atoms with Crippen molar-refractivity contribution in [2.24, 2.45) is 0 Å². The number of aromatic amines is 1. The van der Waals surface area contributed by atoms with Crippen molar-refractivity contribution in [3.8, 4) is 11.6 Å². The van der Waals surface area contributed by atoms with Gasteiger partial charge in [-0.25, -0.2) is 0 Å². The number of H-pyrrole nitrogens is 1. The maximum atomic E-state index is 11.2. The Labute approximate surface area is 154 Å². The number of thiazole rings is 1. The van der Waals surface area contributed by atoms with E-state index in [0.29, 0.717) is 17.9 Å². The van der Waals surface area contributed by atoms with Crippen molar-refractivity contribution >= 4 is 22.9 Å². The van der Waals surface area contributed by atoms with Gasteiger partial charge in [-0.1, -0.05) is 54.1 Å². The second kappa shape index (κ2) is 7.76. The van der Waals surface area contributed by atoms with Gasteiger partial charge in [0.05, 0.1) is 11.5 Å². The third-order valence-electron chi connectivity index (χ3n) is 3.93. The molecule has 6 heteroatoms. The van der Waals surface area contributed by atoms with Gasteiger partial charge >= 0.3 is 4.87 Å². The molecule has 0 saturated heterocycles. The molecular formula is C19H18ClNO3S. The largest absolute Gasteiger partial charge is 0.494 e. The molecule has 1 atom stereocenters. The van der Waals surface area contributed by atoms with Gasteiger partial charge in [-0.3, -0.25) is 9.78 Å². The molecule has 4 nitrogen and oxygen atoms in total. The topological polar surface area (TPSA) is 62.3 Å². The zero-order valence-corrected chi connectivity index (χ0v) is 15.2. The van der Waals surface area contributed by atoms with Crippen LogP contribution in [0.25, 0.3) is 0 Å². The van der Waals surface area contributed by atoms with Crippen molar-refractivity contribution in [1.82, 2.24) is 4.98 Å². The number of benzene rings is 2. The van der Waals surface area contributed by atoms with E-state index in [0.717, 1.165) is 27.7 Å². The summed E-state index contributed by atoms with van der Waals surface area (Å²) in [6.07, 6.45) is 0.511. The Morgan fingerprint density at radius 3 is 2.44 bits per heavy atom. The first kappa shape index (κ1) is 17.6. The van der Waals surface area contributed by atoms with Crippen molar-refractivity contribution in [2.75, 3.05) is 6.61 Å². The number of aromatic nitrogens is 1. The van der Waals surface area contributed by atoms with Crippen LogP contribution < -0.4 is 9.61 Å². The van der Waals surface area contributed by atoms with E-state index in [1.54, 1.807) is 0 Å². The minimum Gasteiger partial charge on any atom is -0.494 e. The normalized spacial score (nSPS) is 12.1. The lowest BCUT2D eigenvalue weighted by Gasteiger charge is -2.14. The van der Waals surface area contributed by atoms with Crippen LogP contribution in [-0.4, -0.2) is 16.7 Å². The smallest absolute Gasteiger partial charge is 0.307 e. The Balaban J connectivity index is 1.58. The minimum absolute atomic E-state index is 0.0490. The van der Waals surface area contributed by atoms with Gasteiger partial charge < -0.3 is 9.84 Å². The molecule has 2 N–H and O–H groups in total. The number of nitrogens with one attached hydrogen (secondary N) is 1. The second-order valence-electron chi connectivity index (χ2n) is 5.87. The molecule has 0 aliphatic heterocycles. The van der Waals surface area contributed by atoms with Gasteiger partial charge in [0.1, 0.15) is 5.75 Å². The molecule has 25 heavy (non-hydrogen) atoms. The summed E-state index contributed by atoms with van der Waals surface area (Å²) < 4.78 is 5.85. The first-order valence-electron chi connectivity index (χ1n) is 7.89. The van der Waals surface area contributed by atoms with Crippen LogP contribution in [0.5, 0.6) is 11.6 Å². The molecule has 0 amide bonds. The SMILES string of the molecule is CC(COc1ccc(Cc2sc(=O)[nH]c2O)cc1)c1ccc(Cl)cc1. The van der Waals surface area contributed by atoms with Gasteiger partial charge in [-0.05, 0) is 35.4 Å². The summed E-state index contributed by atoms with van der Waals surface area (Å²) >= 11 is 6.93. The molecule has 0 spiro atoms. The molecule has 0 fully saturated rings. The fourth-order valence-corrected chi connectivity index (χ4v) is 3.35. The summed E-state index contributed by atoms with van der Waals surface area (Å²) in [4.78, 5) is 14.0. The van der Waals surface area contributed by atoms with E-state index in [2.05, 4.69) is 11.9 Å². The predicted octanol–water partition coefficient (Wildman–Crippen LogP) is 4.57. The number of rotatable bonds is 6. The zero-order chi connectivity index (χ0) is 17.8. The van der Waals surface area contributed by atoms with Crippen molar-refractivity contribution in [3.63, 3.8) is 0 Å². The first-order chi connectivity index (χ1) is 12.0. The lowest BCUT2D eigenvalue weighted by molar-refractivity contribution is 0.296. The summed E-state index contributed by atoms with van der Waals surface area (Å²) in [6, 6.07) is 15.5. The van der Waals surface area contributed by atoms with Crippen molar-refractivity contribution < 1.29 is 9.84 Å². The fraction of sp³-hybridized carbons (Fsp3) is 0.211. The summed E-state index contributed by atoms with van der Waals surface area (Å²) in [7, 11) is 0. The molecule has 1 heterocycles. The fourth-order valence-electron chi connectivity index (χ4n) is 2.47. The lowest BCUT2D eigenvalue weighted by Crippen LogP contribution is -2.07. The minimum atomic E-state index is -0.247. The van der Waals surface area contributed by atoms with E-state index in [9.17, 15) is 9.90 Å². The number of hydrogen-bond acceptors (Lipinski definition) is 4. The molecule has 3 aromatic rings. The molecule has 0 saturated carbocycles. The summed E-state index contributed by atoms with van der Waals surface area (Å²) in [6.45, 7) is 2.68. The Hall–Kier alpha value is -2.24. The first-order valence-corrected chi connectivity index (χ1v) is 9.09. The van der Waals surface area contributed by atoms with E-state index in [1.165, 1.54) is 5.56 Å². The maximum absolute atomic E-state index is 11.2. The molecule has 0 radical (unpaired) electrons. The van der Waals surface area contributed by atoms with E-state index in [-0.39, 0.29) is 16.7 Å². The second-order valence-corrected chi connectivity index (χ2v) is 7.37. The van der Waals surface area contributed by atoms with Crippen LogP contribution in [0.3, 0.4) is 0 Å². The standard InChI is InChI=1S/C19H18ClNO3S/c1-12(14-4-6-15(20)7-5-14)11-24-16-8-2-13(3-9-16)10-17-18(22)21-19(23)25-17/h2-9,12,22H,10-11H2,1H3,(H,21,23). The van der Waals surface area contributed by atoms with E-state index < -0.39 is 0 Å². The molecule has 3 rings (SSSR count). The van der Waals surface area contributed by atoms with Gasteiger partial charge in [0, 0.05) is 17.4 Å². The predicted molar refractivity (Wildman–Crippen MR) is 101 cm³/mol. The van der Waals surface area contributed by atoms with Crippen molar-refractivity contribution in [1.29, 1.82) is 0 Å². The van der Waals surface area contributed by atoms with Crippen LogP contribution in [0.1, 0.15) is 28.8 Å². The van der Waals surface area contributed by atoms with Crippen LogP contribution >= 0.6 is 22.9 Å². The number of hydrogen-bond donors (Lipinski definition) is 2. The molecule has 1 unspecified atom stereocenters. The Morgan fingerprint density at radius 2 is 1.84 bits per heavy atom. The quantitative estimate of drug-likeness (QED) is 0.663. The number of ether oxygens (including phenoxy) is 1. The van der Waals surface area contributed by atoms with Gasteiger partial charge in [-0.2, -0.15) is 0 Å². The maximum Gasteiger partial charge on any atom is 0.307 e. The number of halogens is 1. The Bertz CT molecular complexity index is 884. The van der Waals surface area contributed by atoms with Gasteiger partial charge in [0.15, 0.2) is 0 Å². The monoisotopic (exact) mass is 375 g/mol. The third kappa shape index (κ3) is 4.65. The highest BCUT2D eigenvalue weighted by Gasteiger charge is 2.09.